The first-order valence-corrected chi connectivity index (χ1v) is 9.66. The molecule has 1 heterocycles. The van der Waals surface area contributed by atoms with Crippen LogP contribution in [0.3, 0.4) is 0 Å². The van der Waals surface area contributed by atoms with Gasteiger partial charge in [0.05, 0.1) is 11.0 Å². The molecule has 3 N–H and O–H groups in total. The predicted molar refractivity (Wildman–Crippen MR) is 113 cm³/mol. The second-order valence-electron chi connectivity index (χ2n) is 6.53. The number of carbonyl (C=O) groups excluding carboxylic acids is 2. The maximum atomic E-state index is 12.0. The zero-order valence-corrected chi connectivity index (χ0v) is 16.7. The molecule has 0 aliphatic heterocycles. The molecule has 2 aromatic carbocycles. The van der Waals surface area contributed by atoms with Crippen LogP contribution in [0.5, 0.6) is 5.75 Å². The van der Waals surface area contributed by atoms with Crippen LogP contribution in [0, 0.1) is 0 Å². The van der Waals surface area contributed by atoms with Crippen LogP contribution in [0.15, 0.2) is 54.6 Å². The van der Waals surface area contributed by atoms with E-state index >= 15 is 0 Å². The third kappa shape index (κ3) is 5.45. The normalized spacial score (nSPS) is 11.0. The molecular formula is C22H24N4O4. The molecule has 0 saturated heterocycles. The number of hydrogen-bond acceptors (Lipinski definition) is 5. The molecule has 0 atom stereocenters. The molecule has 3 rings (SSSR count). The Labute approximate surface area is 174 Å². The number of nitrogens with one attached hydrogen (secondary N) is 2. The number of carbonyl (C=O) groups is 2. The minimum atomic E-state index is -0.596. The molecule has 156 valence electrons. The number of imidazole rings is 1. The summed E-state index contributed by atoms with van der Waals surface area (Å²) >= 11 is 0. The lowest BCUT2D eigenvalue weighted by molar-refractivity contribution is -0.124. The average Bonchev–Trinajstić information content (AvgIpc) is 3.13. The molecule has 8 nitrogen and oxygen atoms in total. The number of aromatic nitrogens is 2. The van der Waals surface area contributed by atoms with E-state index in [-0.39, 0.29) is 12.5 Å². The van der Waals surface area contributed by atoms with Crippen molar-refractivity contribution in [1.29, 1.82) is 0 Å². The number of ether oxygens (including phenoxy) is 1. The summed E-state index contributed by atoms with van der Waals surface area (Å²) < 4.78 is 7.53. The van der Waals surface area contributed by atoms with Crippen molar-refractivity contribution in [2.24, 2.45) is 0 Å². The Kier molecular flexibility index (Phi) is 7.18. The van der Waals surface area contributed by atoms with Gasteiger partial charge in [0.1, 0.15) is 11.6 Å². The second-order valence-corrected chi connectivity index (χ2v) is 6.53. The quantitative estimate of drug-likeness (QED) is 0.286. The molecule has 0 spiro atoms. The molecular weight excluding hydrogens is 384 g/mol. The number of aryl methyl sites for hydroxylation is 1. The molecule has 2 amide bonds. The van der Waals surface area contributed by atoms with E-state index in [1.807, 2.05) is 43.3 Å². The van der Waals surface area contributed by atoms with E-state index < -0.39 is 5.91 Å². The van der Waals surface area contributed by atoms with E-state index in [2.05, 4.69) is 14.9 Å². The van der Waals surface area contributed by atoms with Crippen molar-refractivity contribution in [2.45, 2.75) is 19.9 Å². The van der Waals surface area contributed by atoms with Crippen molar-refractivity contribution < 1.29 is 19.5 Å². The standard InChI is InChI=1S/C22H24N4O4/c1-2-26-19-10-8-16(9-11-21(27)25-29)14-18(19)24-20(26)12-13-23-22(28)15-30-17-6-4-3-5-7-17/h3-11,14,29H,2,12-13,15H2,1H3,(H,23,28)(H,25,27). The fourth-order valence-corrected chi connectivity index (χ4v) is 3.08. The Bertz CT molecular complexity index is 1040. The summed E-state index contributed by atoms with van der Waals surface area (Å²) in [5.41, 5.74) is 4.14. The Hall–Kier alpha value is -3.65. The van der Waals surface area contributed by atoms with Crippen molar-refractivity contribution in [3.05, 3.63) is 66.0 Å². The van der Waals surface area contributed by atoms with Gasteiger partial charge in [-0.1, -0.05) is 24.3 Å². The molecule has 0 bridgehead atoms. The maximum Gasteiger partial charge on any atom is 0.267 e. The first-order chi connectivity index (χ1) is 14.6. The second kappa shape index (κ2) is 10.2. The molecule has 0 radical (unpaired) electrons. The molecule has 0 fully saturated rings. The Morgan fingerprint density at radius 2 is 2.00 bits per heavy atom. The number of hydroxylamine groups is 1. The lowest BCUT2D eigenvalue weighted by atomic mass is 10.2. The Morgan fingerprint density at radius 1 is 1.20 bits per heavy atom. The minimum Gasteiger partial charge on any atom is -0.484 e. The van der Waals surface area contributed by atoms with Crippen LogP contribution in [-0.4, -0.2) is 39.7 Å². The van der Waals surface area contributed by atoms with Crippen molar-refractivity contribution in [1.82, 2.24) is 20.3 Å². The first-order valence-electron chi connectivity index (χ1n) is 9.66. The van der Waals surface area contributed by atoms with Gasteiger partial charge in [-0.05, 0) is 42.8 Å². The summed E-state index contributed by atoms with van der Waals surface area (Å²) in [7, 11) is 0. The summed E-state index contributed by atoms with van der Waals surface area (Å²) in [4.78, 5) is 27.8. The van der Waals surface area contributed by atoms with E-state index in [0.717, 1.165) is 29.0 Å². The van der Waals surface area contributed by atoms with E-state index in [9.17, 15) is 9.59 Å². The van der Waals surface area contributed by atoms with Gasteiger partial charge in [0.25, 0.3) is 11.8 Å². The highest BCUT2D eigenvalue weighted by Crippen LogP contribution is 2.19. The lowest BCUT2D eigenvalue weighted by Gasteiger charge is -2.08. The summed E-state index contributed by atoms with van der Waals surface area (Å²) in [6.07, 6.45) is 3.42. The Balaban J connectivity index is 1.60. The zero-order valence-electron chi connectivity index (χ0n) is 16.7. The molecule has 30 heavy (non-hydrogen) atoms. The molecule has 0 saturated carbocycles. The van der Waals surface area contributed by atoms with E-state index in [4.69, 9.17) is 9.94 Å². The van der Waals surface area contributed by atoms with Gasteiger partial charge in [0.2, 0.25) is 0 Å². The van der Waals surface area contributed by atoms with Gasteiger partial charge < -0.3 is 14.6 Å². The average molecular weight is 408 g/mol. The highest BCUT2D eigenvalue weighted by atomic mass is 16.5. The van der Waals surface area contributed by atoms with E-state index in [1.165, 1.54) is 6.08 Å². The fourth-order valence-electron chi connectivity index (χ4n) is 3.08. The number of amides is 2. The number of rotatable bonds is 9. The van der Waals surface area contributed by atoms with Crippen molar-refractivity contribution in [3.63, 3.8) is 0 Å². The number of benzene rings is 2. The van der Waals surface area contributed by atoms with Crippen LogP contribution in [0.2, 0.25) is 0 Å². The zero-order chi connectivity index (χ0) is 21.3. The minimum absolute atomic E-state index is 0.0364. The van der Waals surface area contributed by atoms with E-state index in [1.54, 1.807) is 23.7 Å². The van der Waals surface area contributed by atoms with Gasteiger partial charge >= 0.3 is 0 Å². The van der Waals surface area contributed by atoms with Gasteiger partial charge in [-0.15, -0.1) is 0 Å². The molecule has 0 aliphatic carbocycles. The van der Waals surface area contributed by atoms with Crippen molar-refractivity contribution in [2.75, 3.05) is 13.2 Å². The number of para-hydroxylation sites is 1. The van der Waals surface area contributed by atoms with Gasteiger partial charge in [0.15, 0.2) is 6.61 Å². The number of hydrogen-bond donors (Lipinski definition) is 3. The molecule has 0 aliphatic rings. The third-order valence-corrected chi connectivity index (χ3v) is 4.49. The summed E-state index contributed by atoms with van der Waals surface area (Å²) in [6, 6.07) is 14.9. The predicted octanol–water partition coefficient (Wildman–Crippen LogP) is 2.31. The smallest absolute Gasteiger partial charge is 0.267 e. The van der Waals surface area contributed by atoms with Crippen molar-refractivity contribution in [3.8, 4) is 5.75 Å². The van der Waals surface area contributed by atoms with Crippen LogP contribution in [0.1, 0.15) is 18.3 Å². The molecule has 8 heteroatoms. The highest BCUT2D eigenvalue weighted by Gasteiger charge is 2.11. The summed E-state index contributed by atoms with van der Waals surface area (Å²) in [5.74, 6) is 0.738. The van der Waals surface area contributed by atoms with Crippen LogP contribution in [-0.2, 0) is 22.6 Å². The summed E-state index contributed by atoms with van der Waals surface area (Å²) in [6.45, 7) is 3.20. The SMILES string of the molecule is CCn1c(CCNC(=O)COc2ccccc2)nc2cc(C=CC(=O)NO)ccc21. The van der Waals surface area contributed by atoms with E-state index in [0.29, 0.717) is 18.7 Å². The molecule has 0 unspecified atom stereocenters. The van der Waals surface area contributed by atoms with Gasteiger partial charge in [0, 0.05) is 25.6 Å². The topological polar surface area (TPSA) is 105 Å². The molecule has 3 aromatic rings. The van der Waals surface area contributed by atoms with Gasteiger partial charge in [-0.3, -0.25) is 14.8 Å². The highest BCUT2D eigenvalue weighted by molar-refractivity contribution is 5.91. The maximum absolute atomic E-state index is 12.0. The van der Waals surface area contributed by atoms with Crippen molar-refractivity contribution >= 4 is 28.9 Å². The van der Waals surface area contributed by atoms with Gasteiger partial charge in [-0.25, -0.2) is 10.5 Å². The van der Waals surface area contributed by atoms with Crippen LogP contribution in [0.25, 0.3) is 17.1 Å². The largest absolute Gasteiger partial charge is 0.484 e. The Morgan fingerprint density at radius 3 is 2.73 bits per heavy atom. The van der Waals surface area contributed by atoms with Crippen LogP contribution in [0.4, 0.5) is 0 Å². The van der Waals surface area contributed by atoms with Gasteiger partial charge in [-0.2, -0.15) is 0 Å². The van der Waals surface area contributed by atoms with Crippen LogP contribution >= 0.6 is 0 Å². The monoisotopic (exact) mass is 408 g/mol. The van der Waals surface area contributed by atoms with Crippen LogP contribution < -0.4 is 15.5 Å². The number of fused-ring (bicyclic) bond motifs is 1. The fraction of sp³-hybridized carbons (Fsp3) is 0.227. The third-order valence-electron chi connectivity index (χ3n) is 4.49. The lowest BCUT2D eigenvalue weighted by Crippen LogP contribution is -2.31. The summed E-state index contributed by atoms with van der Waals surface area (Å²) in [5, 5.41) is 11.4. The molecule has 1 aromatic heterocycles. The first kappa shape index (κ1) is 21.1. The number of nitrogens with zero attached hydrogens (tertiary/aromatic N) is 2.